The van der Waals surface area contributed by atoms with Gasteiger partial charge < -0.3 is 10.4 Å². The van der Waals surface area contributed by atoms with Crippen molar-refractivity contribution in [2.45, 2.75) is 32.2 Å². The largest absolute Gasteiger partial charge is 0.481 e. The SMILES string of the molecule is CC(NC(=O)CCCC(=O)O)c1nn[nH]n1. The van der Waals surface area contributed by atoms with E-state index in [1.165, 1.54) is 0 Å². The molecule has 8 heteroatoms. The van der Waals surface area contributed by atoms with Gasteiger partial charge in [-0.2, -0.15) is 5.21 Å². The standard InChI is InChI=1S/C8H13N5O3/c1-5(8-10-12-13-11-8)9-6(14)3-2-4-7(15)16/h5H,2-4H2,1H3,(H,9,14)(H,15,16)(H,10,11,12,13). The van der Waals surface area contributed by atoms with Gasteiger partial charge in [-0.3, -0.25) is 9.59 Å². The van der Waals surface area contributed by atoms with Crippen LogP contribution in [0.2, 0.25) is 0 Å². The average Bonchev–Trinajstić information content (AvgIpc) is 2.69. The molecular formula is C8H13N5O3. The molecule has 0 radical (unpaired) electrons. The van der Waals surface area contributed by atoms with E-state index in [0.29, 0.717) is 12.2 Å². The molecule has 0 aliphatic heterocycles. The van der Waals surface area contributed by atoms with E-state index in [9.17, 15) is 9.59 Å². The van der Waals surface area contributed by atoms with Gasteiger partial charge in [-0.05, 0) is 13.3 Å². The Morgan fingerprint density at radius 2 is 2.25 bits per heavy atom. The van der Waals surface area contributed by atoms with Gasteiger partial charge in [0.05, 0.1) is 6.04 Å². The number of carboxylic acid groups (broad SMARTS) is 1. The van der Waals surface area contributed by atoms with Gasteiger partial charge in [0.1, 0.15) is 0 Å². The van der Waals surface area contributed by atoms with Crippen molar-refractivity contribution in [2.24, 2.45) is 0 Å². The summed E-state index contributed by atoms with van der Waals surface area (Å²) in [5, 5.41) is 24.1. The molecule has 1 atom stereocenters. The molecule has 8 nitrogen and oxygen atoms in total. The van der Waals surface area contributed by atoms with Crippen molar-refractivity contribution >= 4 is 11.9 Å². The van der Waals surface area contributed by atoms with E-state index in [0.717, 1.165) is 0 Å². The molecule has 1 heterocycles. The van der Waals surface area contributed by atoms with Gasteiger partial charge in [-0.15, -0.1) is 10.2 Å². The fourth-order valence-electron chi connectivity index (χ4n) is 1.13. The van der Waals surface area contributed by atoms with Crippen molar-refractivity contribution in [1.82, 2.24) is 25.9 Å². The Morgan fingerprint density at radius 3 is 2.81 bits per heavy atom. The Kier molecular flexibility index (Phi) is 4.37. The molecule has 88 valence electrons. The van der Waals surface area contributed by atoms with E-state index >= 15 is 0 Å². The predicted octanol–water partition coefficient (Wildman–Crippen LogP) is -0.368. The molecule has 0 aliphatic rings. The van der Waals surface area contributed by atoms with Crippen LogP contribution >= 0.6 is 0 Å². The van der Waals surface area contributed by atoms with Crippen molar-refractivity contribution in [3.05, 3.63) is 5.82 Å². The van der Waals surface area contributed by atoms with Gasteiger partial charge in [-0.25, -0.2) is 0 Å². The van der Waals surface area contributed by atoms with Crippen molar-refractivity contribution in [3.8, 4) is 0 Å². The number of rotatable bonds is 6. The summed E-state index contributed by atoms with van der Waals surface area (Å²) in [4.78, 5) is 21.6. The van der Waals surface area contributed by atoms with Gasteiger partial charge in [0.25, 0.3) is 0 Å². The molecule has 0 aliphatic carbocycles. The first-order valence-corrected chi connectivity index (χ1v) is 4.84. The van der Waals surface area contributed by atoms with E-state index in [1.54, 1.807) is 6.92 Å². The minimum absolute atomic E-state index is 0.00991. The molecule has 3 N–H and O–H groups in total. The van der Waals surface area contributed by atoms with E-state index in [2.05, 4.69) is 25.9 Å². The van der Waals surface area contributed by atoms with Crippen LogP contribution in [0.25, 0.3) is 0 Å². The quantitative estimate of drug-likeness (QED) is 0.609. The summed E-state index contributed by atoms with van der Waals surface area (Å²) in [6.07, 6.45) is 0.485. The summed E-state index contributed by atoms with van der Waals surface area (Å²) < 4.78 is 0. The number of aliphatic carboxylic acids is 1. The molecule has 0 fully saturated rings. The van der Waals surface area contributed by atoms with Crippen LogP contribution < -0.4 is 5.32 Å². The van der Waals surface area contributed by atoms with Crippen molar-refractivity contribution < 1.29 is 14.7 Å². The van der Waals surface area contributed by atoms with Crippen LogP contribution in [0, 0.1) is 0 Å². The summed E-state index contributed by atoms with van der Waals surface area (Å²) in [6, 6.07) is -0.337. The predicted molar refractivity (Wildman–Crippen MR) is 52.2 cm³/mol. The van der Waals surface area contributed by atoms with Crippen molar-refractivity contribution in [3.63, 3.8) is 0 Å². The molecular weight excluding hydrogens is 214 g/mol. The fourth-order valence-corrected chi connectivity index (χ4v) is 1.13. The number of carboxylic acids is 1. The lowest BCUT2D eigenvalue weighted by Gasteiger charge is -2.09. The monoisotopic (exact) mass is 227 g/mol. The summed E-state index contributed by atoms with van der Waals surface area (Å²) in [7, 11) is 0. The first-order valence-electron chi connectivity index (χ1n) is 4.84. The Morgan fingerprint density at radius 1 is 1.50 bits per heavy atom. The number of hydrogen-bond donors (Lipinski definition) is 3. The minimum Gasteiger partial charge on any atom is -0.481 e. The lowest BCUT2D eigenvalue weighted by Crippen LogP contribution is -2.27. The molecule has 0 spiro atoms. The second kappa shape index (κ2) is 5.79. The van der Waals surface area contributed by atoms with Gasteiger partial charge in [-0.1, -0.05) is 5.21 Å². The van der Waals surface area contributed by atoms with Crippen LogP contribution in [0.5, 0.6) is 0 Å². The summed E-state index contributed by atoms with van der Waals surface area (Å²) in [5.74, 6) is -0.732. The van der Waals surface area contributed by atoms with E-state index < -0.39 is 5.97 Å². The number of nitrogens with one attached hydrogen (secondary N) is 2. The number of nitrogens with zero attached hydrogens (tertiary/aromatic N) is 3. The summed E-state index contributed by atoms with van der Waals surface area (Å²) in [5.41, 5.74) is 0. The fraction of sp³-hybridized carbons (Fsp3) is 0.625. The maximum Gasteiger partial charge on any atom is 0.303 e. The molecule has 1 unspecified atom stereocenters. The third kappa shape index (κ3) is 4.03. The first-order chi connectivity index (χ1) is 7.59. The number of aromatic nitrogens is 4. The smallest absolute Gasteiger partial charge is 0.303 e. The molecule has 0 saturated carbocycles. The highest BCUT2D eigenvalue weighted by Gasteiger charge is 2.13. The number of carbonyl (C=O) groups is 2. The van der Waals surface area contributed by atoms with Gasteiger partial charge in [0.2, 0.25) is 5.91 Å². The molecule has 0 bridgehead atoms. The van der Waals surface area contributed by atoms with E-state index in [-0.39, 0.29) is 24.8 Å². The lowest BCUT2D eigenvalue weighted by molar-refractivity contribution is -0.137. The second-order valence-corrected chi connectivity index (χ2v) is 3.31. The van der Waals surface area contributed by atoms with Gasteiger partial charge in [0, 0.05) is 12.8 Å². The number of hydrogen-bond acceptors (Lipinski definition) is 5. The normalized spacial score (nSPS) is 12.1. The second-order valence-electron chi connectivity index (χ2n) is 3.31. The average molecular weight is 227 g/mol. The topological polar surface area (TPSA) is 121 Å². The zero-order valence-corrected chi connectivity index (χ0v) is 8.80. The zero-order chi connectivity index (χ0) is 12.0. The summed E-state index contributed by atoms with van der Waals surface area (Å²) in [6.45, 7) is 1.72. The Labute approximate surface area is 91.4 Å². The van der Waals surface area contributed by atoms with Crippen LogP contribution in [0.15, 0.2) is 0 Å². The van der Waals surface area contributed by atoms with E-state index in [4.69, 9.17) is 5.11 Å². The molecule has 1 aromatic rings. The van der Waals surface area contributed by atoms with Crippen LogP contribution in [0.4, 0.5) is 0 Å². The number of carbonyl (C=O) groups excluding carboxylic acids is 1. The first kappa shape index (κ1) is 12.1. The third-order valence-electron chi connectivity index (χ3n) is 1.92. The molecule has 1 amide bonds. The molecule has 1 rings (SSSR count). The Balaban J connectivity index is 2.26. The molecule has 0 saturated heterocycles. The number of tetrazole rings is 1. The highest BCUT2D eigenvalue weighted by molar-refractivity contribution is 5.77. The van der Waals surface area contributed by atoms with Gasteiger partial charge in [0.15, 0.2) is 5.82 Å². The number of H-pyrrole nitrogens is 1. The van der Waals surface area contributed by atoms with Crippen LogP contribution in [-0.2, 0) is 9.59 Å². The highest BCUT2D eigenvalue weighted by atomic mass is 16.4. The maximum atomic E-state index is 11.3. The lowest BCUT2D eigenvalue weighted by atomic mass is 10.2. The molecule has 0 aromatic carbocycles. The molecule has 16 heavy (non-hydrogen) atoms. The molecule has 1 aromatic heterocycles. The zero-order valence-electron chi connectivity index (χ0n) is 8.80. The Hall–Kier alpha value is -1.99. The highest BCUT2D eigenvalue weighted by Crippen LogP contribution is 2.04. The third-order valence-corrected chi connectivity index (χ3v) is 1.92. The van der Waals surface area contributed by atoms with Crippen molar-refractivity contribution in [2.75, 3.05) is 0 Å². The van der Waals surface area contributed by atoms with Crippen LogP contribution in [0.3, 0.4) is 0 Å². The summed E-state index contributed by atoms with van der Waals surface area (Å²) >= 11 is 0. The maximum absolute atomic E-state index is 11.3. The van der Waals surface area contributed by atoms with Crippen LogP contribution in [0.1, 0.15) is 38.1 Å². The number of amides is 1. The van der Waals surface area contributed by atoms with Gasteiger partial charge >= 0.3 is 5.97 Å². The van der Waals surface area contributed by atoms with Crippen LogP contribution in [-0.4, -0.2) is 37.6 Å². The minimum atomic E-state index is -0.904. The number of aromatic amines is 1. The van der Waals surface area contributed by atoms with E-state index in [1.807, 2.05) is 0 Å². The Bertz CT molecular complexity index is 351. The van der Waals surface area contributed by atoms with Crippen molar-refractivity contribution in [1.29, 1.82) is 0 Å².